The quantitative estimate of drug-likeness (QED) is 0.247. The second kappa shape index (κ2) is 13.3. The number of phenolic OH excluding ortho intramolecular Hbond substituents is 1. The molecule has 4 heteroatoms. The smallest absolute Gasteiger partial charge is 0.222 e. The standard InChI is InChI=1S/C34H51NO3/c1-4-5-22-35(3)32(38)15-13-11-9-7-6-8-10-12-14-25-23-26-24-27(36)16-17-28(26)29-20-21-34(2)30(33(25)29)18-19-31(34)37/h16-17,23-24,30-31,36-37H,4-15,18-22H2,1-3H3/t30-,31-,34-/m0/s1. The van der Waals surface area contributed by atoms with Gasteiger partial charge in [-0.25, -0.2) is 0 Å². The van der Waals surface area contributed by atoms with Gasteiger partial charge in [0.1, 0.15) is 5.75 Å². The molecule has 0 spiro atoms. The van der Waals surface area contributed by atoms with Crippen LogP contribution in [0.15, 0.2) is 24.3 Å². The van der Waals surface area contributed by atoms with E-state index in [2.05, 4.69) is 26.0 Å². The fraction of sp³-hybridized carbons (Fsp3) is 0.676. The van der Waals surface area contributed by atoms with E-state index >= 15 is 0 Å². The van der Waals surface area contributed by atoms with Crippen molar-refractivity contribution >= 4 is 16.7 Å². The zero-order valence-electron chi connectivity index (χ0n) is 24.2. The molecule has 2 N–H and O–H groups in total. The normalized spacial score (nSPS) is 22.4. The van der Waals surface area contributed by atoms with Gasteiger partial charge >= 0.3 is 0 Å². The Bertz CT molecular complexity index is 1080. The molecule has 0 saturated heterocycles. The Balaban J connectivity index is 1.25. The first kappa shape index (κ1) is 28.9. The monoisotopic (exact) mass is 521 g/mol. The Hall–Kier alpha value is -2.07. The zero-order valence-corrected chi connectivity index (χ0v) is 24.2. The number of hydrogen-bond acceptors (Lipinski definition) is 3. The van der Waals surface area contributed by atoms with E-state index < -0.39 is 0 Å². The molecule has 0 aliphatic heterocycles. The molecular weight excluding hydrogens is 470 g/mol. The van der Waals surface area contributed by atoms with Crippen LogP contribution < -0.4 is 0 Å². The summed E-state index contributed by atoms with van der Waals surface area (Å²) in [5.41, 5.74) is 4.46. The van der Waals surface area contributed by atoms with Crippen LogP contribution >= 0.6 is 0 Å². The first-order valence-electron chi connectivity index (χ1n) is 15.5. The maximum Gasteiger partial charge on any atom is 0.222 e. The summed E-state index contributed by atoms with van der Waals surface area (Å²) in [4.78, 5) is 14.0. The number of rotatable bonds is 14. The number of fused-ring (bicyclic) bond motifs is 5. The summed E-state index contributed by atoms with van der Waals surface area (Å²) < 4.78 is 0. The maximum absolute atomic E-state index is 12.1. The number of phenols is 1. The number of aryl methyl sites for hydroxylation is 2. The van der Waals surface area contributed by atoms with Gasteiger partial charge in [0.2, 0.25) is 5.91 Å². The van der Waals surface area contributed by atoms with Crippen molar-refractivity contribution < 1.29 is 15.0 Å². The van der Waals surface area contributed by atoms with Crippen LogP contribution in [-0.4, -0.2) is 40.7 Å². The second-order valence-corrected chi connectivity index (χ2v) is 12.5. The van der Waals surface area contributed by atoms with Gasteiger partial charge in [-0.05, 0) is 96.9 Å². The van der Waals surface area contributed by atoms with E-state index in [0.717, 1.165) is 69.7 Å². The van der Waals surface area contributed by atoms with Crippen molar-refractivity contribution in [2.45, 2.75) is 129 Å². The number of nitrogens with zero attached hydrogens (tertiary/aromatic N) is 1. The van der Waals surface area contributed by atoms with Crippen LogP contribution in [0.1, 0.15) is 126 Å². The van der Waals surface area contributed by atoms with Crippen LogP contribution in [0.3, 0.4) is 0 Å². The van der Waals surface area contributed by atoms with Gasteiger partial charge in [-0.2, -0.15) is 0 Å². The number of aromatic hydroxyl groups is 1. The van der Waals surface area contributed by atoms with Crippen molar-refractivity contribution in [3.05, 3.63) is 41.0 Å². The lowest BCUT2D eigenvalue weighted by Gasteiger charge is -2.41. The van der Waals surface area contributed by atoms with E-state index in [1.807, 2.05) is 24.1 Å². The van der Waals surface area contributed by atoms with Crippen LogP contribution in [0.25, 0.3) is 10.8 Å². The van der Waals surface area contributed by atoms with Crippen molar-refractivity contribution in [3.8, 4) is 5.75 Å². The van der Waals surface area contributed by atoms with E-state index in [0.29, 0.717) is 24.0 Å². The van der Waals surface area contributed by atoms with Crippen molar-refractivity contribution in [1.82, 2.24) is 4.90 Å². The van der Waals surface area contributed by atoms with Gasteiger partial charge in [-0.3, -0.25) is 4.79 Å². The molecule has 0 heterocycles. The molecule has 210 valence electrons. The number of aliphatic hydroxyl groups is 1. The molecule has 2 aliphatic carbocycles. The zero-order chi connectivity index (χ0) is 27.1. The Morgan fingerprint density at radius 1 is 1.00 bits per heavy atom. The van der Waals surface area contributed by atoms with Gasteiger partial charge in [0.15, 0.2) is 0 Å². The topological polar surface area (TPSA) is 60.8 Å². The highest BCUT2D eigenvalue weighted by Gasteiger charge is 2.49. The largest absolute Gasteiger partial charge is 0.508 e. The third-order valence-corrected chi connectivity index (χ3v) is 9.77. The summed E-state index contributed by atoms with van der Waals surface area (Å²) in [6.45, 7) is 5.36. The molecule has 4 nitrogen and oxygen atoms in total. The number of benzene rings is 2. The average molecular weight is 522 g/mol. The molecule has 1 amide bonds. The number of aliphatic hydroxyl groups excluding tert-OH is 1. The molecule has 1 saturated carbocycles. The van der Waals surface area contributed by atoms with Crippen LogP contribution in [0.4, 0.5) is 0 Å². The number of carbonyl (C=O) groups excluding carboxylic acids is 1. The molecule has 4 rings (SSSR count). The van der Waals surface area contributed by atoms with Crippen molar-refractivity contribution in [1.29, 1.82) is 0 Å². The predicted molar refractivity (Wildman–Crippen MR) is 158 cm³/mol. The highest BCUT2D eigenvalue weighted by molar-refractivity contribution is 5.89. The minimum Gasteiger partial charge on any atom is -0.508 e. The van der Waals surface area contributed by atoms with E-state index in [1.165, 1.54) is 60.6 Å². The molecule has 1 fully saturated rings. The highest BCUT2D eigenvalue weighted by Crippen LogP contribution is 2.57. The van der Waals surface area contributed by atoms with Gasteiger partial charge in [-0.15, -0.1) is 0 Å². The SMILES string of the molecule is CCCCN(C)C(=O)CCCCCCCCCCc1cc2cc(O)ccc2c2c1[C@@H]1CC[C@H](O)[C@@]1(C)CC2. The third-order valence-electron chi connectivity index (χ3n) is 9.77. The Morgan fingerprint density at radius 3 is 2.45 bits per heavy atom. The number of hydrogen-bond donors (Lipinski definition) is 2. The highest BCUT2D eigenvalue weighted by atomic mass is 16.3. The molecule has 3 atom stereocenters. The number of carbonyl (C=O) groups is 1. The fourth-order valence-electron chi connectivity index (χ4n) is 7.25. The fourth-order valence-corrected chi connectivity index (χ4v) is 7.25. The predicted octanol–water partition coefficient (Wildman–Crippen LogP) is 8.05. The summed E-state index contributed by atoms with van der Waals surface area (Å²) in [6, 6.07) is 8.18. The number of amides is 1. The van der Waals surface area contributed by atoms with Crippen LogP contribution in [0, 0.1) is 5.41 Å². The minimum absolute atomic E-state index is 0.00187. The summed E-state index contributed by atoms with van der Waals surface area (Å²) >= 11 is 0. The third kappa shape index (κ3) is 6.55. The van der Waals surface area contributed by atoms with Crippen LogP contribution in [-0.2, 0) is 17.6 Å². The molecule has 38 heavy (non-hydrogen) atoms. The van der Waals surface area contributed by atoms with E-state index in [9.17, 15) is 15.0 Å². The molecule has 2 aromatic carbocycles. The molecule has 2 aromatic rings. The Morgan fingerprint density at radius 2 is 1.71 bits per heavy atom. The first-order chi connectivity index (χ1) is 18.3. The van der Waals surface area contributed by atoms with Crippen LogP contribution in [0.2, 0.25) is 0 Å². The van der Waals surface area contributed by atoms with Gasteiger partial charge in [0, 0.05) is 25.4 Å². The van der Waals surface area contributed by atoms with Crippen molar-refractivity contribution in [2.24, 2.45) is 5.41 Å². The van der Waals surface area contributed by atoms with Gasteiger partial charge in [-0.1, -0.05) is 70.9 Å². The molecule has 0 bridgehead atoms. The average Bonchev–Trinajstić information content (AvgIpc) is 3.21. The molecule has 0 unspecified atom stereocenters. The second-order valence-electron chi connectivity index (χ2n) is 12.5. The Labute approximate surface area is 230 Å². The van der Waals surface area contributed by atoms with Gasteiger partial charge < -0.3 is 15.1 Å². The van der Waals surface area contributed by atoms with Crippen LogP contribution in [0.5, 0.6) is 5.75 Å². The van der Waals surface area contributed by atoms with Crippen molar-refractivity contribution in [2.75, 3.05) is 13.6 Å². The van der Waals surface area contributed by atoms with Crippen molar-refractivity contribution in [3.63, 3.8) is 0 Å². The molecule has 2 aliphatic rings. The summed E-state index contributed by atoms with van der Waals surface area (Å²) in [5.74, 6) is 1.10. The lowest BCUT2D eigenvalue weighted by Crippen LogP contribution is -2.36. The summed E-state index contributed by atoms with van der Waals surface area (Å²) in [6.07, 6.45) is 17.6. The van der Waals surface area contributed by atoms with E-state index in [1.54, 1.807) is 0 Å². The van der Waals surface area contributed by atoms with E-state index in [-0.39, 0.29) is 11.5 Å². The maximum atomic E-state index is 12.1. The minimum atomic E-state index is -0.191. The lowest BCUT2D eigenvalue weighted by molar-refractivity contribution is -0.130. The molecular formula is C34H51NO3. The first-order valence-corrected chi connectivity index (χ1v) is 15.5. The number of unbranched alkanes of at least 4 members (excludes halogenated alkanes) is 8. The summed E-state index contributed by atoms with van der Waals surface area (Å²) in [5, 5.41) is 23.4. The van der Waals surface area contributed by atoms with E-state index in [4.69, 9.17) is 0 Å². The van der Waals surface area contributed by atoms with Gasteiger partial charge in [0.25, 0.3) is 0 Å². The molecule has 0 aromatic heterocycles. The van der Waals surface area contributed by atoms with Gasteiger partial charge in [0.05, 0.1) is 6.10 Å². The summed E-state index contributed by atoms with van der Waals surface area (Å²) in [7, 11) is 1.94. The Kier molecular flexibility index (Phi) is 10.1. The molecule has 0 radical (unpaired) electrons. The lowest BCUT2D eigenvalue weighted by atomic mass is 9.64.